The minimum Gasteiger partial charge on any atom is -0.342 e. The van der Waals surface area contributed by atoms with E-state index in [1.54, 1.807) is 6.20 Å². The molecule has 2 N–H and O–H groups in total. The van der Waals surface area contributed by atoms with E-state index in [2.05, 4.69) is 30.4 Å². The van der Waals surface area contributed by atoms with E-state index in [-0.39, 0.29) is 5.92 Å². The third-order valence-electron chi connectivity index (χ3n) is 5.92. The Morgan fingerprint density at radius 3 is 2.86 bits per heavy atom. The molecule has 2 fully saturated rings. The summed E-state index contributed by atoms with van der Waals surface area (Å²) >= 11 is 0. The van der Waals surface area contributed by atoms with Gasteiger partial charge in [-0.15, -0.1) is 0 Å². The summed E-state index contributed by atoms with van der Waals surface area (Å²) in [4.78, 5) is 24.1. The molecular formula is C21H30N6O. The zero-order chi connectivity index (χ0) is 19.3. The molecule has 7 heteroatoms. The number of nitrogens with zero attached hydrogens (tertiary/aromatic N) is 4. The predicted molar refractivity (Wildman–Crippen MR) is 108 cm³/mol. The lowest BCUT2D eigenvalue weighted by molar-refractivity contribution is -0.138. The summed E-state index contributed by atoms with van der Waals surface area (Å²) in [5.41, 5.74) is 1.00. The van der Waals surface area contributed by atoms with E-state index in [0.29, 0.717) is 11.8 Å². The smallest absolute Gasteiger partial charge is 0.225 e. The number of anilines is 2. The molecule has 1 aliphatic heterocycles. The highest BCUT2D eigenvalue weighted by molar-refractivity contribution is 5.79. The molecule has 0 aromatic carbocycles. The molecule has 0 radical (unpaired) electrons. The van der Waals surface area contributed by atoms with E-state index in [1.165, 1.54) is 19.3 Å². The number of hydrogen-bond acceptors (Lipinski definition) is 5. The predicted octanol–water partition coefficient (Wildman–Crippen LogP) is 3.61. The summed E-state index contributed by atoms with van der Waals surface area (Å²) in [6.45, 7) is 3.72. The molecule has 1 amide bonds. The maximum absolute atomic E-state index is 12.9. The zero-order valence-corrected chi connectivity index (χ0v) is 16.7. The number of piperidine rings is 1. The van der Waals surface area contributed by atoms with Crippen LogP contribution >= 0.6 is 0 Å². The average molecular weight is 383 g/mol. The number of rotatable bonds is 5. The van der Waals surface area contributed by atoms with Crippen molar-refractivity contribution in [1.29, 1.82) is 0 Å². The van der Waals surface area contributed by atoms with Gasteiger partial charge in [0.05, 0.1) is 0 Å². The molecule has 4 rings (SSSR count). The van der Waals surface area contributed by atoms with E-state index >= 15 is 0 Å². The first kappa shape index (κ1) is 18.9. The fraction of sp³-hybridized carbons (Fsp3) is 0.619. The Labute approximate surface area is 166 Å². The highest BCUT2D eigenvalue weighted by atomic mass is 16.2. The van der Waals surface area contributed by atoms with Gasteiger partial charge in [-0.2, -0.15) is 5.10 Å². The number of carbonyl (C=O) groups excluding carboxylic acids is 1. The van der Waals surface area contributed by atoms with Gasteiger partial charge in [0.15, 0.2) is 5.82 Å². The summed E-state index contributed by atoms with van der Waals surface area (Å²) in [6.07, 6.45) is 10.6. The van der Waals surface area contributed by atoms with Crippen molar-refractivity contribution >= 4 is 17.5 Å². The molecule has 0 spiro atoms. The number of H-pyrrole nitrogens is 1. The first-order valence-electron chi connectivity index (χ1n) is 10.6. The van der Waals surface area contributed by atoms with Crippen LogP contribution in [0.5, 0.6) is 0 Å². The highest BCUT2D eigenvalue weighted by Gasteiger charge is 2.30. The van der Waals surface area contributed by atoms with E-state index in [4.69, 9.17) is 0 Å². The second kappa shape index (κ2) is 8.71. The van der Waals surface area contributed by atoms with E-state index in [1.807, 2.05) is 19.1 Å². The third kappa shape index (κ3) is 4.69. The number of hydrogen-bond donors (Lipinski definition) is 2. The van der Waals surface area contributed by atoms with E-state index in [9.17, 15) is 4.79 Å². The molecule has 0 bridgehead atoms. The molecule has 7 nitrogen and oxygen atoms in total. The van der Waals surface area contributed by atoms with E-state index in [0.717, 1.165) is 68.3 Å². The number of aryl methyl sites for hydroxylation is 1. The second-order valence-electron chi connectivity index (χ2n) is 8.25. The van der Waals surface area contributed by atoms with Crippen LogP contribution in [0, 0.1) is 18.8 Å². The Hall–Kier alpha value is -2.44. The molecule has 150 valence electrons. The first-order chi connectivity index (χ1) is 13.7. The van der Waals surface area contributed by atoms with Gasteiger partial charge in [0.2, 0.25) is 5.91 Å². The highest BCUT2D eigenvalue weighted by Crippen LogP contribution is 2.28. The van der Waals surface area contributed by atoms with Crippen molar-refractivity contribution in [2.45, 2.75) is 58.3 Å². The number of aromatic nitrogens is 4. The Morgan fingerprint density at radius 2 is 2.07 bits per heavy atom. The van der Waals surface area contributed by atoms with Crippen LogP contribution in [0.1, 0.15) is 56.5 Å². The van der Waals surface area contributed by atoms with Gasteiger partial charge >= 0.3 is 0 Å². The van der Waals surface area contributed by atoms with Crippen molar-refractivity contribution in [2.75, 3.05) is 18.4 Å². The van der Waals surface area contributed by atoms with Crippen LogP contribution in [0.4, 0.5) is 11.6 Å². The van der Waals surface area contributed by atoms with Crippen molar-refractivity contribution in [3.63, 3.8) is 0 Å². The van der Waals surface area contributed by atoms with Crippen molar-refractivity contribution < 1.29 is 4.79 Å². The van der Waals surface area contributed by atoms with Crippen LogP contribution < -0.4 is 5.32 Å². The van der Waals surface area contributed by atoms with Crippen LogP contribution in [0.3, 0.4) is 0 Å². The molecule has 1 saturated heterocycles. The number of carbonyl (C=O) groups is 1. The maximum atomic E-state index is 12.9. The van der Waals surface area contributed by atoms with Gasteiger partial charge in [-0.05, 0) is 44.6 Å². The minimum absolute atomic E-state index is 0.258. The molecular weight excluding hydrogens is 352 g/mol. The Balaban J connectivity index is 1.35. The maximum Gasteiger partial charge on any atom is 0.225 e. The number of nitrogens with one attached hydrogen (secondary N) is 2. The van der Waals surface area contributed by atoms with Gasteiger partial charge in [-0.1, -0.05) is 19.3 Å². The summed E-state index contributed by atoms with van der Waals surface area (Å²) in [5, 5.41) is 10.3. The number of aromatic amines is 1. The molecule has 1 aliphatic carbocycles. The molecule has 1 atom stereocenters. The normalized spacial score (nSPS) is 20.9. The average Bonchev–Trinajstić information content (AvgIpc) is 3.13. The Morgan fingerprint density at radius 1 is 1.21 bits per heavy atom. The van der Waals surface area contributed by atoms with Gasteiger partial charge in [0.1, 0.15) is 11.6 Å². The SMILES string of the molecule is Cc1cc(Nc2ccnc(C[C@@H]3CCCN(C(=O)C4CCCCC4)C3)n2)n[nH]1. The summed E-state index contributed by atoms with van der Waals surface area (Å²) < 4.78 is 0. The molecule has 2 aromatic rings. The first-order valence-corrected chi connectivity index (χ1v) is 10.6. The van der Waals surface area contributed by atoms with Crippen LogP contribution in [0.25, 0.3) is 0 Å². The fourth-order valence-electron chi connectivity index (χ4n) is 4.48. The molecule has 3 heterocycles. The Bertz CT molecular complexity index is 798. The lowest BCUT2D eigenvalue weighted by atomic mass is 9.87. The molecule has 0 unspecified atom stereocenters. The lowest BCUT2D eigenvalue weighted by Crippen LogP contribution is -2.44. The largest absolute Gasteiger partial charge is 0.342 e. The van der Waals surface area contributed by atoms with Crippen molar-refractivity contribution in [3.8, 4) is 0 Å². The van der Waals surface area contributed by atoms with Crippen LogP contribution in [0.15, 0.2) is 18.3 Å². The summed E-state index contributed by atoms with van der Waals surface area (Å²) in [6, 6.07) is 3.80. The topological polar surface area (TPSA) is 86.8 Å². The van der Waals surface area contributed by atoms with Crippen LogP contribution in [0.2, 0.25) is 0 Å². The van der Waals surface area contributed by atoms with Gasteiger partial charge < -0.3 is 10.2 Å². The number of amides is 1. The summed E-state index contributed by atoms with van der Waals surface area (Å²) in [5.74, 6) is 3.41. The fourth-order valence-corrected chi connectivity index (χ4v) is 4.48. The van der Waals surface area contributed by atoms with Crippen molar-refractivity contribution in [2.24, 2.45) is 11.8 Å². The number of likely N-dealkylation sites (tertiary alicyclic amines) is 1. The second-order valence-corrected chi connectivity index (χ2v) is 8.25. The summed E-state index contributed by atoms with van der Waals surface area (Å²) in [7, 11) is 0. The monoisotopic (exact) mass is 382 g/mol. The van der Waals surface area contributed by atoms with Crippen LogP contribution in [-0.4, -0.2) is 44.1 Å². The molecule has 28 heavy (non-hydrogen) atoms. The van der Waals surface area contributed by atoms with E-state index < -0.39 is 0 Å². The van der Waals surface area contributed by atoms with Crippen molar-refractivity contribution in [3.05, 3.63) is 29.8 Å². The minimum atomic E-state index is 0.258. The third-order valence-corrected chi connectivity index (χ3v) is 5.92. The molecule has 2 aliphatic rings. The standard InChI is InChI=1S/C21H30N6O/c1-15-12-20(26-25-15)24-18-9-10-22-19(23-18)13-16-6-5-11-27(14-16)21(28)17-7-3-2-4-8-17/h9-10,12,16-17H,2-8,11,13-14H2,1H3,(H2,22,23,24,25,26)/t16-/m0/s1. The van der Waals surface area contributed by atoms with Crippen LogP contribution in [-0.2, 0) is 11.2 Å². The van der Waals surface area contributed by atoms with Gasteiger partial charge in [0, 0.05) is 43.4 Å². The quantitative estimate of drug-likeness (QED) is 0.825. The molecule has 1 saturated carbocycles. The zero-order valence-electron chi connectivity index (χ0n) is 16.7. The van der Waals surface area contributed by atoms with Gasteiger partial charge in [0.25, 0.3) is 0 Å². The Kier molecular flexibility index (Phi) is 5.88. The lowest BCUT2D eigenvalue weighted by Gasteiger charge is -2.35. The molecule has 2 aromatic heterocycles. The van der Waals surface area contributed by atoms with Gasteiger partial charge in [-0.3, -0.25) is 9.89 Å². The van der Waals surface area contributed by atoms with Gasteiger partial charge in [-0.25, -0.2) is 9.97 Å². The van der Waals surface area contributed by atoms with Crippen molar-refractivity contribution in [1.82, 2.24) is 25.1 Å².